The second-order valence-corrected chi connectivity index (χ2v) is 3.94. The number of aryl methyl sites for hydroxylation is 1. The topological polar surface area (TPSA) is 51.0 Å². The van der Waals surface area contributed by atoms with Crippen LogP contribution in [-0.2, 0) is 6.54 Å². The Morgan fingerprint density at radius 2 is 2.25 bits per heavy atom. The number of rotatable bonds is 3. The zero-order chi connectivity index (χ0) is 11.5. The van der Waals surface area contributed by atoms with Crippen LogP contribution in [0.4, 0.5) is 0 Å². The SMILES string of the molecule is CNCc1noc(-c2cc(Cl)ccc2C)n1. The van der Waals surface area contributed by atoms with Gasteiger partial charge in [0.05, 0.1) is 6.54 Å². The summed E-state index contributed by atoms with van der Waals surface area (Å²) in [4.78, 5) is 4.27. The maximum Gasteiger partial charge on any atom is 0.258 e. The zero-order valence-corrected chi connectivity index (χ0v) is 9.88. The molecule has 0 amide bonds. The van der Waals surface area contributed by atoms with Crippen LogP contribution in [0.2, 0.25) is 5.02 Å². The van der Waals surface area contributed by atoms with Crippen molar-refractivity contribution < 1.29 is 4.52 Å². The molecule has 1 aromatic carbocycles. The van der Waals surface area contributed by atoms with Gasteiger partial charge in [0.15, 0.2) is 5.82 Å². The summed E-state index contributed by atoms with van der Waals surface area (Å²) in [6.45, 7) is 2.57. The second kappa shape index (κ2) is 4.63. The Balaban J connectivity index is 2.38. The van der Waals surface area contributed by atoms with Crippen molar-refractivity contribution in [3.8, 4) is 11.5 Å². The van der Waals surface area contributed by atoms with E-state index in [1.54, 1.807) is 0 Å². The molecule has 0 saturated heterocycles. The van der Waals surface area contributed by atoms with Crippen LogP contribution in [0.15, 0.2) is 22.7 Å². The quantitative estimate of drug-likeness (QED) is 0.891. The maximum absolute atomic E-state index is 5.93. The first-order valence-electron chi connectivity index (χ1n) is 4.94. The van der Waals surface area contributed by atoms with E-state index in [0.717, 1.165) is 11.1 Å². The molecule has 0 bridgehead atoms. The molecule has 1 aromatic heterocycles. The summed E-state index contributed by atoms with van der Waals surface area (Å²) in [5.74, 6) is 1.14. The Morgan fingerprint density at radius 3 is 3.00 bits per heavy atom. The Morgan fingerprint density at radius 1 is 1.44 bits per heavy atom. The highest BCUT2D eigenvalue weighted by Gasteiger charge is 2.11. The highest BCUT2D eigenvalue weighted by molar-refractivity contribution is 6.30. The summed E-state index contributed by atoms with van der Waals surface area (Å²) in [5, 5.41) is 7.49. The first-order valence-corrected chi connectivity index (χ1v) is 5.32. The van der Waals surface area contributed by atoms with Gasteiger partial charge in [0.1, 0.15) is 0 Å². The Hall–Kier alpha value is -1.39. The van der Waals surface area contributed by atoms with Crippen LogP contribution in [0.25, 0.3) is 11.5 Å². The van der Waals surface area contributed by atoms with Crippen molar-refractivity contribution in [1.29, 1.82) is 0 Å². The van der Waals surface area contributed by atoms with E-state index in [0.29, 0.717) is 23.3 Å². The van der Waals surface area contributed by atoms with Gasteiger partial charge in [-0.25, -0.2) is 0 Å². The largest absolute Gasteiger partial charge is 0.334 e. The van der Waals surface area contributed by atoms with Crippen molar-refractivity contribution >= 4 is 11.6 Å². The van der Waals surface area contributed by atoms with Gasteiger partial charge >= 0.3 is 0 Å². The van der Waals surface area contributed by atoms with Crippen molar-refractivity contribution in [1.82, 2.24) is 15.5 Å². The van der Waals surface area contributed by atoms with Crippen LogP contribution >= 0.6 is 11.6 Å². The highest BCUT2D eigenvalue weighted by atomic mass is 35.5. The summed E-state index contributed by atoms with van der Waals surface area (Å²) in [5.41, 5.74) is 1.94. The van der Waals surface area contributed by atoms with Gasteiger partial charge in [-0.3, -0.25) is 0 Å². The van der Waals surface area contributed by atoms with E-state index < -0.39 is 0 Å². The van der Waals surface area contributed by atoms with Crippen molar-refractivity contribution in [2.75, 3.05) is 7.05 Å². The minimum atomic E-state index is 0.505. The molecule has 1 heterocycles. The average Bonchev–Trinajstić information content (AvgIpc) is 2.71. The molecule has 0 unspecified atom stereocenters. The van der Waals surface area contributed by atoms with Gasteiger partial charge < -0.3 is 9.84 Å². The minimum Gasteiger partial charge on any atom is -0.334 e. The lowest BCUT2D eigenvalue weighted by molar-refractivity contribution is 0.420. The zero-order valence-electron chi connectivity index (χ0n) is 9.12. The van der Waals surface area contributed by atoms with Crippen molar-refractivity contribution in [3.05, 3.63) is 34.6 Å². The lowest BCUT2D eigenvalue weighted by Gasteiger charge is -2.00. The smallest absolute Gasteiger partial charge is 0.258 e. The van der Waals surface area contributed by atoms with Crippen molar-refractivity contribution in [3.63, 3.8) is 0 Å². The number of hydrogen-bond acceptors (Lipinski definition) is 4. The molecule has 0 saturated carbocycles. The van der Waals surface area contributed by atoms with Crippen LogP contribution in [0.3, 0.4) is 0 Å². The van der Waals surface area contributed by atoms with E-state index in [1.807, 2.05) is 32.2 Å². The predicted octanol–water partition coefficient (Wildman–Crippen LogP) is 2.42. The highest BCUT2D eigenvalue weighted by Crippen LogP contribution is 2.24. The van der Waals surface area contributed by atoms with E-state index in [1.165, 1.54) is 0 Å². The first kappa shape index (κ1) is 11.1. The normalized spacial score (nSPS) is 10.7. The summed E-state index contributed by atoms with van der Waals surface area (Å²) >= 11 is 5.93. The molecule has 4 nitrogen and oxygen atoms in total. The molecule has 0 radical (unpaired) electrons. The average molecular weight is 238 g/mol. The standard InChI is InChI=1S/C11H12ClN3O/c1-7-3-4-8(12)5-9(7)11-14-10(6-13-2)15-16-11/h3-5,13H,6H2,1-2H3. The van der Waals surface area contributed by atoms with E-state index >= 15 is 0 Å². The number of hydrogen-bond donors (Lipinski definition) is 1. The van der Waals surface area contributed by atoms with Gasteiger partial charge in [-0.15, -0.1) is 0 Å². The van der Waals surface area contributed by atoms with Crippen LogP contribution < -0.4 is 5.32 Å². The number of nitrogens with one attached hydrogen (secondary N) is 1. The molecule has 0 fully saturated rings. The van der Waals surface area contributed by atoms with E-state index in [-0.39, 0.29) is 0 Å². The summed E-state index contributed by atoms with van der Waals surface area (Å²) in [7, 11) is 1.83. The molecule has 0 aliphatic carbocycles. The van der Waals surface area contributed by atoms with E-state index in [2.05, 4.69) is 15.5 Å². The second-order valence-electron chi connectivity index (χ2n) is 3.51. The minimum absolute atomic E-state index is 0.505. The fraction of sp³-hybridized carbons (Fsp3) is 0.273. The monoisotopic (exact) mass is 237 g/mol. The third-order valence-electron chi connectivity index (χ3n) is 2.23. The van der Waals surface area contributed by atoms with Crippen LogP contribution in [0.1, 0.15) is 11.4 Å². The van der Waals surface area contributed by atoms with Gasteiger partial charge in [0.2, 0.25) is 0 Å². The summed E-state index contributed by atoms with van der Waals surface area (Å²) in [6, 6.07) is 5.60. The lowest BCUT2D eigenvalue weighted by atomic mass is 10.1. The molecule has 0 spiro atoms. The third kappa shape index (κ3) is 2.23. The van der Waals surface area contributed by atoms with Gasteiger partial charge in [-0.2, -0.15) is 4.98 Å². The van der Waals surface area contributed by atoms with E-state index in [4.69, 9.17) is 16.1 Å². The molecular weight excluding hydrogens is 226 g/mol. The third-order valence-corrected chi connectivity index (χ3v) is 2.47. The van der Waals surface area contributed by atoms with Gasteiger partial charge in [-0.05, 0) is 31.7 Å². The molecule has 0 aliphatic heterocycles. The molecule has 2 rings (SSSR count). The number of halogens is 1. The molecule has 5 heteroatoms. The Labute approximate surface area is 98.6 Å². The van der Waals surface area contributed by atoms with E-state index in [9.17, 15) is 0 Å². The molecule has 0 aliphatic rings. The molecule has 16 heavy (non-hydrogen) atoms. The first-order chi connectivity index (χ1) is 7.70. The fourth-order valence-corrected chi connectivity index (χ4v) is 1.59. The Kier molecular flexibility index (Phi) is 3.22. The Bertz CT molecular complexity index is 496. The van der Waals surface area contributed by atoms with Gasteiger partial charge in [-0.1, -0.05) is 22.8 Å². The van der Waals surface area contributed by atoms with Crippen molar-refractivity contribution in [2.24, 2.45) is 0 Å². The maximum atomic E-state index is 5.93. The van der Waals surface area contributed by atoms with Crippen molar-refractivity contribution in [2.45, 2.75) is 13.5 Å². The van der Waals surface area contributed by atoms with Crippen LogP contribution in [0, 0.1) is 6.92 Å². The predicted molar refractivity (Wildman–Crippen MR) is 62.2 cm³/mol. The molecule has 2 aromatic rings. The van der Waals surface area contributed by atoms with Crippen LogP contribution in [-0.4, -0.2) is 17.2 Å². The van der Waals surface area contributed by atoms with Gasteiger partial charge in [0.25, 0.3) is 5.89 Å². The molecule has 1 N–H and O–H groups in total. The van der Waals surface area contributed by atoms with Crippen LogP contribution in [0.5, 0.6) is 0 Å². The summed E-state index contributed by atoms with van der Waals surface area (Å²) < 4.78 is 5.18. The molecule has 84 valence electrons. The number of aromatic nitrogens is 2. The number of nitrogens with zero attached hydrogens (tertiary/aromatic N) is 2. The fourth-order valence-electron chi connectivity index (χ4n) is 1.42. The molecule has 0 atom stereocenters. The summed E-state index contributed by atoms with van der Waals surface area (Å²) in [6.07, 6.45) is 0. The van der Waals surface area contributed by atoms with Gasteiger partial charge in [0, 0.05) is 10.6 Å². The molecular formula is C11H12ClN3O. The number of benzene rings is 1. The lowest BCUT2D eigenvalue weighted by Crippen LogP contribution is -2.06.